The summed E-state index contributed by atoms with van der Waals surface area (Å²) in [5.41, 5.74) is 3.52. The van der Waals surface area contributed by atoms with Crippen LogP contribution in [0.3, 0.4) is 0 Å². The summed E-state index contributed by atoms with van der Waals surface area (Å²) < 4.78 is 2.98. The smallest absolute Gasteiger partial charge is 0.370 e. The van der Waals surface area contributed by atoms with Gasteiger partial charge in [-0.05, 0) is 35.9 Å². The van der Waals surface area contributed by atoms with Gasteiger partial charge in [-0.15, -0.1) is 0 Å². The molecule has 0 aliphatic carbocycles. The van der Waals surface area contributed by atoms with Gasteiger partial charge in [0.15, 0.2) is 0 Å². The fourth-order valence-electron chi connectivity index (χ4n) is 3.76. The van der Waals surface area contributed by atoms with Gasteiger partial charge in [0, 0.05) is 23.1 Å². The van der Waals surface area contributed by atoms with E-state index in [0.717, 1.165) is 11.1 Å². The highest BCUT2D eigenvalue weighted by molar-refractivity contribution is 6.30. The predicted molar refractivity (Wildman–Crippen MR) is 124 cm³/mol. The Labute approximate surface area is 189 Å². The lowest BCUT2D eigenvalue weighted by molar-refractivity contribution is -0.581. The van der Waals surface area contributed by atoms with Gasteiger partial charge in [-0.3, -0.25) is 0 Å². The summed E-state index contributed by atoms with van der Waals surface area (Å²) in [5.74, 6) is -0.115. The van der Waals surface area contributed by atoms with Crippen LogP contribution < -0.4 is 10.1 Å². The molecule has 0 atom stereocenters. The third-order valence-corrected chi connectivity index (χ3v) is 5.61. The summed E-state index contributed by atoms with van der Waals surface area (Å²) in [6.07, 6.45) is 0.277. The third-order valence-electron chi connectivity index (χ3n) is 5.35. The minimum atomic E-state index is -0.357. The first kappa shape index (κ1) is 20.0. The molecule has 0 saturated heterocycles. The maximum absolute atomic E-state index is 13.5. The molecule has 0 saturated carbocycles. The van der Waals surface area contributed by atoms with E-state index in [1.54, 1.807) is 34.9 Å². The van der Waals surface area contributed by atoms with Crippen LogP contribution in [0.5, 0.6) is 5.88 Å². The van der Waals surface area contributed by atoms with Crippen LogP contribution in [-0.2, 0) is 6.42 Å². The molecule has 0 aliphatic rings. The van der Waals surface area contributed by atoms with Gasteiger partial charge < -0.3 is 5.11 Å². The van der Waals surface area contributed by atoms with Crippen LogP contribution in [0.15, 0.2) is 102 Å². The fourth-order valence-corrected chi connectivity index (χ4v) is 3.89. The van der Waals surface area contributed by atoms with E-state index in [2.05, 4.69) is 5.10 Å². The molecule has 0 spiro atoms. The molecule has 6 heteroatoms. The van der Waals surface area contributed by atoms with Gasteiger partial charge in [0.1, 0.15) is 16.9 Å². The quantitative estimate of drug-likeness (QED) is 0.416. The number of fused-ring (bicyclic) bond motifs is 1. The van der Waals surface area contributed by atoms with Crippen molar-refractivity contribution in [2.24, 2.45) is 0 Å². The SMILES string of the molecule is O=c1c(Cc2ccccc2)c(O)[n+](-c2ccc(Cl)cc2)c2ccc(-c3ccccc3)nn12. The Balaban J connectivity index is 1.80. The minimum absolute atomic E-state index is 0.115. The highest BCUT2D eigenvalue weighted by atomic mass is 35.5. The van der Waals surface area contributed by atoms with Crippen molar-refractivity contribution >= 4 is 17.2 Å². The molecule has 3 aromatic carbocycles. The first-order valence-corrected chi connectivity index (χ1v) is 10.5. The van der Waals surface area contributed by atoms with Crippen LogP contribution in [0, 0.1) is 0 Å². The van der Waals surface area contributed by atoms with Crippen LogP contribution in [0.25, 0.3) is 22.6 Å². The van der Waals surface area contributed by atoms with Crippen molar-refractivity contribution in [2.75, 3.05) is 0 Å². The predicted octanol–water partition coefficient (Wildman–Crippen LogP) is 4.59. The zero-order valence-corrected chi connectivity index (χ0v) is 17.8. The molecule has 5 aromatic rings. The van der Waals surface area contributed by atoms with E-state index in [-0.39, 0.29) is 23.4 Å². The van der Waals surface area contributed by atoms with Gasteiger partial charge >= 0.3 is 11.2 Å². The maximum Gasteiger partial charge on any atom is 0.370 e. The fraction of sp³-hybridized carbons (Fsp3) is 0.0385. The molecular weight excluding hydrogens is 422 g/mol. The van der Waals surface area contributed by atoms with E-state index < -0.39 is 0 Å². The Morgan fingerprint density at radius 1 is 0.844 bits per heavy atom. The van der Waals surface area contributed by atoms with Crippen LogP contribution >= 0.6 is 11.6 Å². The summed E-state index contributed by atoms with van der Waals surface area (Å²) >= 11 is 6.07. The molecule has 1 N–H and O–H groups in total. The Hall–Kier alpha value is -3.96. The van der Waals surface area contributed by atoms with Crippen molar-refractivity contribution in [1.82, 2.24) is 9.61 Å². The Bertz CT molecular complexity index is 1470. The second kappa shape index (κ2) is 8.29. The third kappa shape index (κ3) is 3.63. The molecular formula is C26H19ClN3O2+. The molecule has 2 heterocycles. The van der Waals surface area contributed by atoms with Crippen molar-refractivity contribution in [1.29, 1.82) is 0 Å². The van der Waals surface area contributed by atoms with Gasteiger partial charge in [-0.25, -0.2) is 4.79 Å². The molecule has 5 rings (SSSR count). The van der Waals surface area contributed by atoms with E-state index in [1.165, 1.54) is 4.52 Å². The molecule has 5 nitrogen and oxygen atoms in total. The number of aromatic hydroxyl groups is 1. The van der Waals surface area contributed by atoms with Crippen LogP contribution in [0.2, 0.25) is 5.02 Å². The van der Waals surface area contributed by atoms with Gasteiger partial charge in [0.25, 0.3) is 5.88 Å². The van der Waals surface area contributed by atoms with E-state index in [1.807, 2.05) is 66.7 Å². The monoisotopic (exact) mass is 440 g/mol. The zero-order chi connectivity index (χ0) is 22.1. The van der Waals surface area contributed by atoms with Crippen LogP contribution in [0.1, 0.15) is 11.1 Å². The largest absolute Gasteiger partial charge is 0.477 e. The van der Waals surface area contributed by atoms with Crippen molar-refractivity contribution in [3.05, 3.63) is 124 Å². The van der Waals surface area contributed by atoms with Gasteiger partial charge in [0.05, 0.1) is 0 Å². The Morgan fingerprint density at radius 3 is 2.19 bits per heavy atom. The normalized spacial score (nSPS) is 11.0. The molecule has 0 bridgehead atoms. The average molecular weight is 441 g/mol. The Morgan fingerprint density at radius 2 is 1.50 bits per heavy atom. The van der Waals surface area contributed by atoms with Crippen LogP contribution in [0.4, 0.5) is 0 Å². The number of rotatable bonds is 4. The molecule has 0 radical (unpaired) electrons. The van der Waals surface area contributed by atoms with E-state index in [4.69, 9.17) is 11.6 Å². The van der Waals surface area contributed by atoms with E-state index >= 15 is 0 Å². The lowest BCUT2D eigenvalue weighted by atomic mass is 10.1. The molecule has 0 fully saturated rings. The van der Waals surface area contributed by atoms with Crippen molar-refractivity contribution in [2.45, 2.75) is 6.42 Å². The molecule has 0 amide bonds. The second-order valence-corrected chi connectivity index (χ2v) is 7.87. The molecule has 2 aromatic heterocycles. The standard InChI is InChI=1S/C26H18ClN3O2/c27-20-11-13-21(14-12-20)29-24-16-15-23(19-9-5-2-6-10-19)28-30(24)26(32)22(25(29)31)17-18-7-3-1-4-8-18/h1-16H,17H2/p+1. The number of nitrogens with zero attached hydrogens (tertiary/aromatic N) is 3. The number of halogens is 1. The first-order chi connectivity index (χ1) is 15.6. The minimum Gasteiger partial charge on any atom is -0.477 e. The first-order valence-electron chi connectivity index (χ1n) is 10.2. The summed E-state index contributed by atoms with van der Waals surface area (Å²) in [6, 6.07) is 30.0. The topological polar surface area (TPSA) is 58.5 Å². The van der Waals surface area contributed by atoms with Crippen molar-refractivity contribution < 1.29 is 9.67 Å². The lowest BCUT2D eigenvalue weighted by Gasteiger charge is -2.10. The number of benzene rings is 3. The lowest BCUT2D eigenvalue weighted by Crippen LogP contribution is -2.40. The average Bonchev–Trinajstić information content (AvgIpc) is 2.84. The van der Waals surface area contributed by atoms with E-state index in [9.17, 15) is 9.90 Å². The number of hydrogen-bond donors (Lipinski definition) is 1. The van der Waals surface area contributed by atoms with Gasteiger partial charge in [-0.1, -0.05) is 81.9 Å². The Kier molecular flexibility index (Phi) is 5.17. The summed E-state index contributed by atoms with van der Waals surface area (Å²) in [5, 5.41) is 16.4. The number of hydrogen-bond acceptors (Lipinski definition) is 3. The second-order valence-electron chi connectivity index (χ2n) is 7.44. The number of aromatic nitrogens is 3. The van der Waals surface area contributed by atoms with Crippen molar-refractivity contribution in [3.63, 3.8) is 0 Å². The maximum atomic E-state index is 13.5. The van der Waals surface area contributed by atoms with Gasteiger partial charge in [-0.2, -0.15) is 4.57 Å². The highest BCUT2D eigenvalue weighted by Gasteiger charge is 2.27. The van der Waals surface area contributed by atoms with Crippen LogP contribution in [-0.4, -0.2) is 14.7 Å². The summed E-state index contributed by atoms with van der Waals surface area (Å²) in [6.45, 7) is 0. The molecule has 0 unspecified atom stereocenters. The highest BCUT2D eigenvalue weighted by Crippen LogP contribution is 2.20. The van der Waals surface area contributed by atoms with Crippen molar-refractivity contribution in [3.8, 4) is 22.8 Å². The molecule has 156 valence electrons. The summed E-state index contributed by atoms with van der Waals surface area (Å²) in [4.78, 5) is 13.5. The zero-order valence-electron chi connectivity index (χ0n) is 17.0. The molecule has 0 aliphatic heterocycles. The van der Waals surface area contributed by atoms with E-state index in [0.29, 0.717) is 22.1 Å². The molecule has 32 heavy (non-hydrogen) atoms. The summed E-state index contributed by atoms with van der Waals surface area (Å²) in [7, 11) is 0. The van der Waals surface area contributed by atoms with Gasteiger partial charge in [0.2, 0.25) is 0 Å².